The summed E-state index contributed by atoms with van der Waals surface area (Å²) in [4.78, 5) is 35.5. The van der Waals surface area contributed by atoms with Crippen LogP contribution in [-0.4, -0.2) is 28.5 Å². The van der Waals surface area contributed by atoms with Crippen LogP contribution in [0.5, 0.6) is 0 Å². The van der Waals surface area contributed by atoms with E-state index in [1.165, 1.54) is 18.3 Å². The Kier molecular flexibility index (Phi) is 4.45. The van der Waals surface area contributed by atoms with E-state index >= 15 is 0 Å². The van der Waals surface area contributed by atoms with Crippen molar-refractivity contribution in [3.8, 4) is 0 Å². The molecule has 1 unspecified atom stereocenters. The van der Waals surface area contributed by atoms with E-state index in [1.54, 1.807) is 6.92 Å². The molecule has 0 aromatic carbocycles. The van der Waals surface area contributed by atoms with Crippen molar-refractivity contribution in [3.05, 3.63) is 34.2 Å². The van der Waals surface area contributed by atoms with E-state index in [-0.39, 0.29) is 12.1 Å². The summed E-state index contributed by atoms with van der Waals surface area (Å²) in [5.41, 5.74) is 0.00311. The minimum Gasteiger partial charge on any atom is -0.481 e. The second-order valence-corrected chi connectivity index (χ2v) is 3.60. The molecule has 0 aliphatic heterocycles. The van der Waals surface area contributed by atoms with Crippen molar-refractivity contribution >= 4 is 11.9 Å². The first-order valence-electron chi connectivity index (χ1n) is 5.24. The summed E-state index contributed by atoms with van der Waals surface area (Å²) in [6.07, 6.45) is 1.74. The molecule has 3 N–H and O–H groups in total. The van der Waals surface area contributed by atoms with Crippen LogP contribution in [0.1, 0.15) is 23.7 Å². The van der Waals surface area contributed by atoms with Crippen LogP contribution in [0.2, 0.25) is 0 Å². The SMILES string of the molecule is CCC(CNC(=O)c1ccc(=O)[nH]c1)C(=O)O. The Labute approximate surface area is 97.7 Å². The van der Waals surface area contributed by atoms with Gasteiger partial charge in [-0.05, 0) is 12.5 Å². The molecule has 1 heterocycles. The van der Waals surface area contributed by atoms with Crippen molar-refractivity contribution in [1.29, 1.82) is 0 Å². The van der Waals surface area contributed by atoms with Gasteiger partial charge in [-0.3, -0.25) is 14.4 Å². The molecular formula is C11H14N2O4. The number of amides is 1. The number of hydrogen-bond acceptors (Lipinski definition) is 3. The van der Waals surface area contributed by atoms with E-state index in [1.807, 2.05) is 0 Å². The van der Waals surface area contributed by atoms with E-state index in [0.29, 0.717) is 12.0 Å². The fourth-order valence-corrected chi connectivity index (χ4v) is 1.28. The zero-order valence-electron chi connectivity index (χ0n) is 9.40. The van der Waals surface area contributed by atoms with Crippen LogP contribution in [0, 0.1) is 5.92 Å². The predicted octanol–water partition coefficient (Wildman–Crippen LogP) is 0.215. The van der Waals surface area contributed by atoms with Gasteiger partial charge in [0.2, 0.25) is 5.56 Å². The first-order chi connectivity index (χ1) is 8.04. The van der Waals surface area contributed by atoms with Crippen molar-refractivity contribution in [3.63, 3.8) is 0 Å². The number of aromatic amines is 1. The Morgan fingerprint density at radius 2 is 2.18 bits per heavy atom. The maximum atomic E-state index is 11.6. The minimum absolute atomic E-state index is 0.0732. The number of pyridine rings is 1. The number of rotatable bonds is 5. The van der Waals surface area contributed by atoms with Crippen LogP contribution in [0.15, 0.2) is 23.1 Å². The Morgan fingerprint density at radius 1 is 1.47 bits per heavy atom. The Morgan fingerprint density at radius 3 is 2.65 bits per heavy atom. The van der Waals surface area contributed by atoms with E-state index < -0.39 is 17.8 Å². The summed E-state index contributed by atoms with van der Waals surface area (Å²) in [6, 6.07) is 2.62. The molecule has 0 spiro atoms. The quantitative estimate of drug-likeness (QED) is 0.683. The molecule has 1 atom stereocenters. The van der Waals surface area contributed by atoms with Gasteiger partial charge in [-0.2, -0.15) is 0 Å². The third kappa shape index (κ3) is 3.75. The van der Waals surface area contributed by atoms with Crippen LogP contribution in [0.4, 0.5) is 0 Å². The highest BCUT2D eigenvalue weighted by Gasteiger charge is 2.16. The molecule has 1 aromatic rings. The summed E-state index contributed by atoms with van der Waals surface area (Å²) < 4.78 is 0. The molecule has 0 fully saturated rings. The molecule has 1 rings (SSSR count). The lowest BCUT2D eigenvalue weighted by Crippen LogP contribution is -2.32. The molecule has 0 saturated carbocycles. The maximum Gasteiger partial charge on any atom is 0.308 e. The molecule has 0 aliphatic rings. The highest BCUT2D eigenvalue weighted by atomic mass is 16.4. The molecule has 1 amide bonds. The lowest BCUT2D eigenvalue weighted by atomic mass is 10.1. The second-order valence-electron chi connectivity index (χ2n) is 3.60. The number of carbonyl (C=O) groups excluding carboxylic acids is 1. The number of carboxylic acid groups (broad SMARTS) is 1. The largest absolute Gasteiger partial charge is 0.481 e. The van der Waals surface area contributed by atoms with E-state index in [4.69, 9.17) is 5.11 Å². The fraction of sp³-hybridized carbons (Fsp3) is 0.364. The highest BCUT2D eigenvalue weighted by molar-refractivity contribution is 5.94. The predicted molar refractivity (Wildman–Crippen MR) is 60.8 cm³/mol. The Hall–Kier alpha value is -2.11. The van der Waals surface area contributed by atoms with Crippen LogP contribution >= 0.6 is 0 Å². The van der Waals surface area contributed by atoms with E-state index in [9.17, 15) is 14.4 Å². The standard InChI is InChI=1S/C11H14N2O4/c1-2-7(11(16)17)5-13-10(15)8-3-4-9(14)12-6-8/h3-4,6-7H,2,5H2,1H3,(H,12,14)(H,13,15)(H,16,17). The molecule has 0 bridgehead atoms. The van der Waals surface area contributed by atoms with Gasteiger partial charge in [-0.15, -0.1) is 0 Å². The summed E-state index contributed by atoms with van der Waals surface area (Å²) in [5.74, 6) is -1.93. The lowest BCUT2D eigenvalue weighted by Gasteiger charge is -2.10. The Balaban J connectivity index is 2.58. The molecule has 17 heavy (non-hydrogen) atoms. The summed E-state index contributed by atoms with van der Waals surface area (Å²) in [5, 5.41) is 11.3. The average molecular weight is 238 g/mol. The number of carboxylic acids is 1. The maximum absolute atomic E-state index is 11.6. The van der Waals surface area contributed by atoms with Gasteiger partial charge < -0.3 is 15.4 Å². The van der Waals surface area contributed by atoms with Crippen molar-refractivity contribution in [2.75, 3.05) is 6.54 Å². The van der Waals surface area contributed by atoms with Gasteiger partial charge in [0.25, 0.3) is 5.91 Å². The lowest BCUT2D eigenvalue weighted by molar-refractivity contribution is -0.141. The normalized spacial score (nSPS) is 11.8. The van der Waals surface area contributed by atoms with Gasteiger partial charge in [0, 0.05) is 18.8 Å². The Bertz CT molecular complexity index is 446. The van der Waals surface area contributed by atoms with Crippen LogP contribution in [-0.2, 0) is 4.79 Å². The number of aliphatic carboxylic acids is 1. The zero-order valence-corrected chi connectivity index (χ0v) is 9.40. The smallest absolute Gasteiger partial charge is 0.308 e. The molecular weight excluding hydrogens is 224 g/mol. The molecule has 6 heteroatoms. The van der Waals surface area contributed by atoms with Crippen molar-refractivity contribution in [2.24, 2.45) is 5.92 Å². The third-order valence-corrected chi connectivity index (χ3v) is 2.40. The summed E-state index contributed by atoms with van der Waals surface area (Å²) in [6.45, 7) is 1.81. The minimum atomic E-state index is -0.936. The van der Waals surface area contributed by atoms with E-state index in [2.05, 4.69) is 10.3 Å². The number of nitrogens with one attached hydrogen (secondary N) is 2. The fourth-order valence-electron chi connectivity index (χ4n) is 1.28. The highest BCUT2D eigenvalue weighted by Crippen LogP contribution is 2.01. The summed E-state index contributed by atoms with van der Waals surface area (Å²) in [7, 11) is 0. The van der Waals surface area contributed by atoms with Gasteiger partial charge >= 0.3 is 5.97 Å². The van der Waals surface area contributed by atoms with Crippen molar-refractivity contribution < 1.29 is 14.7 Å². The average Bonchev–Trinajstić information content (AvgIpc) is 2.30. The molecule has 0 saturated heterocycles. The van der Waals surface area contributed by atoms with Gasteiger partial charge in [0.1, 0.15) is 0 Å². The molecule has 1 aromatic heterocycles. The molecule has 0 aliphatic carbocycles. The van der Waals surface area contributed by atoms with Gasteiger partial charge in [-0.1, -0.05) is 6.92 Å². The van der Waals surface area contributed by atoms with Gasteiger partial charge in [-0.25, -0.2) is 0 Å². The second kappa shape index (κ2) is 5.83. The zero-order chi connectivity index (χ0) is 12.8. The molecule has 92 valence electrons. The van der Waals surface area contributed by atoms with E-state index in [0.717, 1.165) is 0 Å². The number of H-pyrrole nitrogens is 1. The van der Waals surface area contributed by atoms with Gasteiger partial charge in [0.05, 0.1) is 11.5 Å². The number of aromatic nitrogens is 1. The van der Waals surface area contributed by atoms with Crippen molar-refractivity contribution in [2.45, 2.75) is 13.3 Å². The monoisotopic (exact) mass is 238 g/mol. The topological polar surface area (TPSA) is 99.3 Å². The number of carbonyl (C=O) groups is 2. The van der Waals surface area contributed by atoms with Crippen LogP contribution in [0.3, 0.4) is 0 Å². The number of hydrogen-bond donors (Lipinski definition) is 3. The summed E-state index contributed by atoms with van der Waals surface area (Å²) >= 11 is 0. The van der Waals surface area contributed by atoms with Gasteiger partial charge in [0.15, 0.2) is 0 Å². The first kappa shape index (κ1) is 13.0. The third-order valence-electron chi connectivity index (χ3n) is 2.40. The molecule has 0 radical (unpaired) electrons. The first-order valence-corrected chi connectivity index (χ1v) is 5.24. The van der Waals surface area contributed by atoms with Crippen LogP contribution in [0.25, 0.3) is 0 Å². The van der Waals surface area contributed by atoms with Crippen LogP contribution < -0.4 is 10.9 Å². The molecule has 6 nitrogen and oxygen atoms in total. The van der Waals surface area contributed by atoms with Crippen molar-refractivity contribution in [1.82, 2.24) is 10.3 Å².